The van der Waals surface area contributed by atoms with E-state index >= 15 is 4.79 Å². The molecule has 49 heavy (non-hydrogen) atoms. The molecule has 2 saturated heterocycles. The third-order valence-corrected chi connectivity index (χ3v) is 10.3. The van der Waals surface area contributed by atoms with Crippen molar-refractivity contribution in [2.75, 3.05) is 13.2 Å². The van der Waals surface area contributed by atoms with E-state index in [4.69, 9.17) is 9.47 Å². The lowest BCUT2D eigenvalue weighted by Crippen LogP contribution is -2.61. The van der Waals surface area contributed by atoms with Crippen LogP contribution in [0.2, 0.25) is 0 Å². The van der Waals surface area contributed by atoms with Crippen molar-refractivity contribution in [1.82, 2.24) is 15.1 Å². The Morgan fingerprint density at radius 1 is 1.02 bits per heavy atom. The number of cyclic esters (lactones) is 1. The van der Waals surface area contributed by atoms with Gasteiger partial charge in [0.25, 0.3) is 0 Å². The Morgan fingerprint density at radius 3 is 2.35 bits per heavy atom. The number of rotatable bonds is 7. The van der Waals surface area contributed by atoms with Crippen molar-refractivity contribution in [2.45, 2.75) is 123 Å². The highest BCUT2D eigenvalue weighted by Gasteiger charge is 2.73. The molecule has 2 N–H and O–H groups in total. The van der Waals surface area contributed by atoms with E-state index in [-0.39, 0.29) is 36.2 Å². The molecule has 1 aromatic carbocycles. The van der Waals surface area contributed by atoms with Crippen molar-refractivity contribution in [1.29, 1.82) is 0 Å². The summed E-state index contributed by atoms with van der Waals surface area (Å²) in [6, 6.07) is 6.92. The van der Waals surface area contributed by atoms with Crippen LogP contribution in [0.25, 0.3) is 0 Å². The van der Waals surface area contributed by atoms with Gasteiger partial charge in [-0.15, -0.1) is 0 Å². The number of esters is 1. The lowest BCUT2D eigenvalue weighted by molar-refractivity contribution is -0.162. The highest BCUT2D eigenvalue weighted by molar-refractivity contribution is 5.99. The Kier molecular flexibility index (Phi) is 10.5. The molecule has 2 fully saturated rings. The van der Waals surface area contributed by atoms with Gasteiger partial charge in [-0.3, -0.25) is 19.2 Å². The second kappa shape index (κ2) is 14.0. The van der Waals surface area contributed by atoms with Crippen LogP contribution in [0.3, 0.4) is 0 Å². The van der Waals surface area contributed by atoms with Crippen LogP contribution in [0.4, 0.5) is 0 Å². The van der Waals surface area contributed by atoms with E-state index in [9.17, 15) is 19.5 Å². The van der Waals surface area contributed by atoms with Gasteiger partial charge in [-0.25, -0.2) is 0 Å². The molecule has 0 saturated carbocycles. The van der Waals surface area contributed by atoms with E-state index < -0.39 is 65.2 Å². The first kappa shape index (κ1) is 36.8. The Hall–Kier alpha value is -3.50. The van der Waals surface area contributed by atoms with Gasteiger partial charge in [-0.2, -0.15) is 0 Å². The minimum atomic E-state index is -1.48. The molecule has 3 amide bonds. The van der Waals surface area contributed by atoms with Crippen LogP contribution >= 0.6 is 0 Å². The number of carbonyl (C=O) groups excluding carboxylic acids is 4. The third kappa shape index (κ3) is 7.22. The topological polar surface area (TPSA) is 125 Å². The third-order valence-electron chi connectivity index (χ3n) is 10.3. The number of benzene rings is 1. The first-order valence-corrected chi connectivity index (χ1v) is 17.8. The number of nitrogens with zero attached hydrogens (tertiary/aromatic N) is 2. The summed E-state index contributed by atoms with van der Waals surface area (Å²) in [5, 5.41) is 13.7. The van der Waals surface area contributed by atoms with Gasteiger partial charge in [0, 0.05) is 18.5 Å². The van der Waals surface area contributed by atoms with E-state index in [1.165, 1.54) is 4.90 Å². The molecule has 8 atom stereocenters. The Labute approximate surface area is 291 Å². The summed E-state index contributed by atoms with van der Waals surface area (Å²) in [7, 11) is 0. The fourth-order valence-electron chi connectivity index (χ4n) is 8.80. The summed E-state index contributed by atoms with van der Waals surface area (Å²) >= 11 is 0. The van der Waals surface area contributed by atoms with Crippen LogP contribution < -0.4 is 5.32 Å². The van der Waals surface area contributed by atoms with Crippen molar-refractivity contribution in [3.8, 4) is 0 Å². The molecule has 0 aliphatic carbocycles. The molecule has 0 bridgehead atoms. The van der Waals surface area contributed by atoms with Crippen LogP contribution in [-0.4, -0.2) is 87.1 Å². The predicted molar refractivity (Wildman–Crippen MR) is 186 cm³/mol. The number of aliphatic hydroxyl groups excluding tert-OH is 1. The van der Waals surface area contributed by atoms with Gasteiger partial charge < -0.3 is 29.7 Å². The fourth-order valence-corrected chi connectivity index (χ4v) is 8.80. The van der Waals surface area contributed by atoms with Gasteiger partial charge in [-0.05, 0) is 56.9 Å². The van der Waals surface area contributed by atoms with Crippen LogP contribution in [-0.2, 0) is 28.7 Å². The van der Waals surface area contributed by atoms with Crippen molar-refractivity contribution in [2.24, 2.45) is 23.2 Å². The van der Waals surface area contributed by atoms with Crippen molar-refractivity contribution in [3.63, 3.8) is 0 Å². The summed E-state index contributed by atoms with van der Waals surface area (Å²) in [4.78, 5) is 60.7. The Bertz CT molecular complexity index is 1460. The molecule has 1 aromatic rings. The van der Waals surface area contributed by atoms with Crippen molar-refractivity contribution in [3.05, 3.63) is 60.2 Å². The molecule has 5 rings (SSSR count). The van der Waals surface area contributed by atoms with Crippen molar-refractivity contribution < 1.29 is 33.8 Å². The molecule has 10 nitrogen and oxygen atoms in total. The molecule has 1 spiro atoms. The maximum absolute atomic E-state index is 15.0. The molecule has 0 unspecified atom stereocenters. The van der Waals surface area contributed by atoms with Gasteiger partial charge in [0.1, 0.15) is 23.7 Å². The largest absolute Gasteiger partial charge is 0.455 e. The molecule has 4 aliphatic rings. The maximum Gasteiger partial charge on any atom is 0.313 e. The van der Waals surface area contributed by atoms with E-state index in [0.717, 1.165) is 0 Å². The summed E-state index contributed by atoms with van der Waals surface area (Å²) in [5.41, 5.74) is -1.43. The number of aliphatic hydroxyl groups is 1. The normalized spacial score (nSPS) is 32.4. The number of hydrogen-bond donors (Lipinski definition) is 2. The predicted octanol–water partition coefficient (Wildman–Crippen LogP) is 4.73. The average molecular weight is 678 g/mol. The smallest absolute Gasteiger partial charge is 0.313 e. The number of nitrogens with one attached hydrogen (secondary N) is 1. The number of carbonyl (C=O) groups is 4. The highest BCUT2D eigenvalue weighted by Crippen LogP contribution is 2.54. The summed E-state index contributed by atoms with van der Waals surface area (Å²) < 4.78 is 13.2. The Morgan fingerprint density at radius 2 is 1.71 bits per heavy atom. The van der Waals surface area contributed by atoms with E-state index in [1.807, 2.05) is 75.1 Å². The van der Waals surface area contributed by atoms with Crippen LogP contribution in [0.1, 0.15) is 92.7 Å². The van der Waals surface area contributed by atoms with Crippen LogP contribution in [0.5, 0.6) is 0 Å². The molecule has 4 heterocycles. The SMILES string of the molecule is CC(C)C[C@H](CO)N1C(=O)[C@@H]2[C@H]3C(=O)O[C@H](c4ccccc4)[C@@H](C)NC(=O)CC/C=C\[C@H]3O[C@@]23C=CCN(C(C)(C)CC(C)(C)C)C(=O)[C@@H]13. The minimum absolute atomic E-state index is 0.0859. The molecule has 268 valence electrons. The lowest BCUT2D eigenvalue weighted by atomic mass is 9.77. The summed E-state index contributed by atoms with van der Waals surface area (Å²) in [6.07, 6.45) is 7.35. The number of hydrogen-bond acceptors (Lipinski definition) is 7. The standard InChI is InChI=1S/C39H55N3O7/c1-24(2)21-27(22-43)42-33-35(46)41(38(7,8)23-37(4,5)6)20-14-19-39(33)31(34(42)45)30-28(49-39)17-12-13-18-29(44)40-25(3)32(48-36(30)47)26-15-10-9-11-16-26/h9-12,14-17,19,24-25,27-28,30-33,43H,13,18,20-23H2,1-8H3,(H,40,44)/b17-12-/t25-,27-,28-,30+,31+,32+,33-,39+/m1/s1. The van der Waals surface area contributed by atoms with Gasteiger partial charge in [0.2, 0.25) is 17.7 Å². The summed E-state index contributed by atoms with van der Waals surface area (Å²) in [6.45, 7) is 16.3. The Balaban J connectivity index is 1.64. The van der Waals surface area contributed by atoms with E-state index in [2.05, 4.69) is 26.1 Å². The van der Waals surface area contributed by atoms with Gasteiger partial charge >= 0.3 is 5.97 Å². The van der Waals surface area contributed by atoms with E-state index in [0.29, 0.717) is 31.4 Å². The zero-order valence-corrected chi connectivity index (χ0v) is 30.3. The van der Waals surface area contributed by atoms with Crippen LogP contribution in [0, 0.1) is 23.2 Å². The molecule has 4 aliphatic heterocycles. The number of ether oxygens (including phenoxy) is 2. The molecule has 10 heteroatoms. The molecular formula is C39H55N3O7. The van der Waals surface area contributed by atoms with Gasteiger partial charge in [0.15, 0.2) is 0 Å². The number of amides is 3. The van der Waals surface area contributed by atoms with Gasteiger partial charge in [-0.1, -0.05) is 89.3 Å². The summed E-state index contributed by atoms with van der Waals surface area (Å²) in [5.74, 6) is -3.50. The van der Waals surface area contributed by atoms with Crippen LogP contribution in [0.15, 0.2) is 54.6 Å². The quantitative estimate of drug-likeness (QED) is 0.316. The molecule has 0 radical (unpaired) electrons. The fraction of sp³-hybridized carbons (Fsp3) is 0.641. The number of fused-ring (bicyclic) bond motifs is 2. The zero-order valence-electron chi connectivity index (χ0n) is 30.3. The zero-order chi connectivity index (χ0) is 35.9. The monoisotopic (exact) mass is 677 g/mol. The maximum atomic E-state index is 15.0. The molecule has 0 aromatic heterocycles. The van der Waals surface area contributed by atoms with Gasteiger partial charge in [0.05, 0.1) is 30.7 Å². The first-order valence-electron chi connectivity index (χ1n) is 17.8. The number of likely N-dealkylation sites (tertiary alicyclic amines) is 1. The van der Waals surface area contributed by atoms with Crippen molar-refractivity contribution >= 4 is 23.7 Å². The lowest BCUT2D eigenvalue weighted by Gasteiger charge is -2.45. The number of allylic oxidation sites excluding steroid dienone is 1. The minimum Gasteiger partial charge on any atom is -0.455 e. The second-order valence-corrected chi connectivity index (χ2v) is 16.5. The average Bonchev–Trinajstić information content (AvgIpc) is 3.39. The highest BCUT2D eigenvalue weighted by atomic mass is 16.6. The first-order chi connectivity index (χ1) is 23.0. The molecular weight excluding hydrogens is 622 g/mol. The van der Waals surface area contributed by atoms with E-state index in [1.54, 1.807) is 19.1 Å². The second-order valence-electron chi connectivity index (χ2n) is 16.5.